The van der Waals surface area contributed by atoms with Crippen LogP contribution in [0.1, 0.15) is 72.8 Å². The van der Waals surface area contributed by atoms with Crippen molar-refractivity contribution >= 4 is 17.6 Å². The quantitative estimate of drug-likeness (QED) is 0.752. The summed E-state index contributed by atoms with van der Waals surface area (Å²) >= 11 is 0. The van der Waals surface area contributed by atoms with Crippen molar-refractivity contribution < 1.29 is 9.59 Å². The van der Waals surface area contributed by atoms with E-state index < -0.39 is 0 Å². The largest absolute Gasteiger partial charge is 0.332 e. The third kappa shape index (κ3) is 3.73. The van der Waals surface area contributed by atoms with Crippen molar-refractivity contribution in [1.82, 2.24) is 14.9 Å². The van der Waals surface area contributed by atoms with Gasteiger partial charge in [-0.1, -0.05) is 36.2 Å². The van der Waals surface area contributed by atoms with E-state index in [-0.39, 0.29) is 23.8 Å². The van der Waals surface area contributed by atoms with E-state index in [0.717, 1.165) is 61.3 Å². The Morgan fingerprint density at radius 1 is 1.03 bits per heavy atom. The summed E-state index contributed by atoms with van der Waals surface area (Å²) in [6, 6.07) is 8.22. The number of carbonyl (C=O) groups is 2. The lowest BCUT2D eigenvalue weighted by atomic mass is 9.84. The maximum Gasteiger partial charge on any atom is 0.228 e. The van der Waals surface area contributed by atoms with E-state index in [1.54, 1.807) is 0 Å². The number of amides is 2. The number of anilines is 1. The van der Waals surface area contributed by atoms with E-state index in [2.05, 4.69) is 31.2 Å². The van der Waals surface area contributed by atoms with Crippen molar-refractivity contribution in [2.45, 2.75) is 71.4 Å². The van der Waals surface area contributed by atoms with E-state index in [9.17, 15) is 9.59 Å². The zero-order valence-electron chi connectivity index (χ0n) is 18.4. The molecule has 3 heterocycles. The molecule has 162 valence electrons. The molecule has 1 unspecified atom stereocenters. The van der Waals surface area contributed by atoms with Crippen LogP contribution in [0, 0.1) is 19.8 Å². The fourth-order valence-corrected chi connectivity index (χ4v) is 4.98. The number of benzene rings is 1. The lowest BCUT2D eigenvalue weighted by Crippen LogP contribution is -2.40. The summed E-state index contributed by atoms with van der Waals surface area (Å²) in [7, 11) is 0. The van der Waals surface area contributed by atoms with E-state index >= 15 is 0 Å². The molecule has 1 saturated carbocycles. The van der Waals surface area contributed by atoms with Crippen LogP contribution in [0.25, 0.3) is 0 Å². The summed E-state index contributed by atoms with van der Waals surface area (Å²) in [5.41, 5.74) is 4.29. The minimum atomic E-state index is -0.0737. The van der Waals surface area contributed by atoms with Crippen LogP contribution < -0.4 is 4.90 Å². The first-order valence-corrected chi connectivity index (χ1v) is 11.5. The van der Waals surface area contributed by atoms with E-state index in [4.69, 9.17) is 9.97 Å². The lowest BCUT2D eigenvalue weighted by molar-refractivity contribution is -0.139. The smallest absolute Gasteiger partial charge is 0.228 e. The van der Waals surface area contributed by atoms with Gasteiger partial charge in [-0.2, -0.15) is 0 Å². The molecular weight excluding hydrogens is 388 g/mol. The SMILES string of the molecule is Cc1ccc(CN2C(=O)CCc3c(C)nc(C4CCCN4C(=O)C4CCC4)nc32)cc1. The van der Waals surface area contributed by atoms with Gasteiger partial charge in [0.25, 0.3) is 0 Å². The van der Waals surface area contributed by atoms with Gasteiger partial charge in [-0.25, -0.2) is 9.97 Å². The molecule has 0 N–H and O–H groups in total. The molecule has 0 radical (unpaired) electrons. The zero-order valence-corrected chi connectivity index (χ0v) is 18.4. The van der Waals surface area contributed by atoms with Crippen molar-refractivity contribution in [3.8, 4) is 0 Å². The fourth-order valence-electron chi connectivity index (χ4n) is 4.98. The minimum absolute atomic E-state index is 0.0737. The number of hydrogen-bond donors (Lipinski definition) is 0. The maximum absolute atomic E-state index is 13.0. The predicted molar refractivity (Wildman–Crippen MR) is 118 cm³/mol. The summed E-state index contributed by atoms with van der Waals surface area (Å²) in [6.45, 7) is 5.37. The average Bonchev–Trinajstić information content (AvgIpc) is 3.20. The topological polar surface area (TPSA) is 66.4 Å². The Hall–Kier alpha value is -2.76. The van der Waals surface area contributed by atoms with E-state index in [1.165, 1.54) is 5.56 Å². The van der Waals surface area contributed by atoms with Crippen molar-refractivity contribution in [1.29, 1.82) is 0 Å². The van der Waals surface area contributed by atoms with Gasteiger partial charge in [0.1, 0.15) is 5.82 Å². The summed E-state index contributed by atoms with van der Waals surface area (Å²) in [4.78, 5) is 39.4. The van der Waals surface area contributed by atoms with E-state index in [0.29, 0.717) is 25.2 Å². The number of rotatable bonds is 4. The van der Waals surface area contributed by atoms with Crippen LogP contribution in [0.3, 0.4) is 0 Å². The van der Waals surface area contributed by atoms with Crippen molar-refractivity contribution in [2.75, 3.05) is 11.4 Å². The molecule has 1 aromatic carbocycles. The van der Waals surface area contributed by atoms with Crippen LogP contribution in [0.2, 0.25) is 0 Å². The molecule has 1 saturated heterocycles. The molecule has 6 nitrogen and oxygen atoms in total. The number of aromatic nitrogens is 2. The molecule has 2 fully saturated rings. The summed E-state index contributed by atoms with van der Waals surface area (Å²) in [5, 5.41) is 0. The number of likely N-dealkylation sites (tertiary alicyclic amines) is 1. The van der Waals surface area contributed by atoms with Crippen LogP contribution in [0.5, 0.6) is 0 Å². The molecule has 5 rings (SSSR count). The van der Waals surface area contributed by atoms with Crippen molar-refractivity contribution in [3.05, 3.63) is 52.5 Å². The van der Waals surface area contributed by atoms with Crippen LogP contribution in [-0.2, 0) is 22.6 Å². The highest BCUT2D eigenvalue weighted by molar-refractivity contribution is 5.95. The number of nitrogens with zero attached hydrogens (tertiary/aromatic N) is 4. The van der Waals surface area contributed by atoms with Crippen molar-refractivity contribution in [3.63, 3.8) is 0 Å². The van der Waals surface area contributed by atoms with Gasteiger partial charge in [0.15, 0.2) is 5.82 Å². The van der Waals surface area contributed by atoms with Crippen molar-refractivity contribution in [2.24, 2.45) is 5.92 Å². The monoisotopic (exact) mass is 418 g/mol. The van der Waals surface area contributed by atoms with Gasteiger partial charge in [-0.3, -0.25) is 14.5 Å². The predicted octanol–water partition coefficient (Wildman–Crippen LogP) is 4.04. The Labute approximate surface area is 183 Å². The van der Waals surface area contributed by atoms with Gasteiger partial charge < -0.3 is 4.90 Å². The van der Waals surface area contributed by atoms with Crippen LogP contribution in [-0.4, -0.2) is 33.2 Å². The highest BCUT2D eigenvalue weighted by Crippen LogP contribution is 2.38. The van der Waals surface area contributed by atoms with Gasteiger partial charge in [-0.05, 0) is 51.5 Å². The average molecular weight is 419 g/mol. The Morgan fingerprint density at radius 3 is 2.52 bits per heavy atom. The summed E-state index contributed by atoms with van der Waals surface area (Å²) in [5.74, 6) is 1.98. The second kappa shape index (κ2) is 8.06. The Balaban J connectivity index is 1.48. The molecule has 0 spiro atoms. The molecular formula is C25H30N4O2. The lowest BCUT2D eigenvalue weighted by Gasteiger charge is -2.33. The van der Waals surface area contributed by atoms with Crippen LogP contribution in [0.4, 0.5) is 5.82 Å². The van der Waals surface area contributed by atoms with Crippen LogP contribution in [0.15, 0.2) is 24.3 Å². The Kier molecular flexibility index (Phi) is 5.24. The van der Waals surface area contributed by atoms with Gasteiger partial charge in [0, 0.05) is 30.1 Å². The molecule has 1 aromatic heterocycles. The fraction of sp³-hybridized carbons (Fsp3) is 0.520. The highest BCUT2D eigenvalue weighted by atomic mass is 16.2. The van der Waals surface area contributed by atoms with Gasteiger partial charge in [-0.15, -0.1) is 0 Å². The molecule has 2 amide bonds. The zero-order chi connectivity index (χ0) is 21.5. The highest BCUT2D eigenvalue weighted by Gasteiger charge is 2.38. The normalized spacial score (nSPS) is 21.2. The van der Waals surface area contributed by atoms with Gasteiger partial charge in [0.05, 0.1) is 12.6 Å². The maximum atomic E-state index is 13.0. The Morgan fingerprint density at radius 2 is 1.81 bits per heavy atom. The standard InChI is InChI=1S/C25H30N4O2/c1-16-8-10-18(11-9-16)15-29-22(30)13-12-20-17(2)26-23(27-24(20)29)21-7-4-14-28(21)25(31)19-5-3-6-19/h8-11,19,21H,3-7,12-15H2,1-2H3. The van der Waals surface area contributed by atoms with Gasteiger partial charge >= 0.3 is 0 Å². The second-order valence-electron chi connectivity index (χ2n) is 9.25. The summed E-state index contributed by atoms with van der Waals surface area (Å²) in [6.07, 6.45) is 6.20. The molecule has 0 bridgehead atoms. The number of hydrogen-bond acceptors (Lipinski definition) is 4. The minimum Gasteiger partial charge on any atom is -0.332 e. The Bertz CT molecular complexity index is 1010. The first-order chi connectivity index (χ1) is 15.0. The summed E-state index contributed by atoms with van der Waals surface area (Å²) < 4.78 is 0. The van der Waals surface area contributed by atoms with Crippen LogP contribution >= 0.6 is 0 Å². The molecule has 2 aromatic rings. The second-order valence-corrected chi connectivity index (χ2v) is 9.25. The first-order valence-electron chi connectivity index (χ1n) is 11.5. The third-order valence-electron chi connectivity index (χ3n) is 7.10. The first kappa shape index (κ1) is 20.2. The number of aryl methyl sites for hydroxylation is 2. The third-order valence-corrected chi connectivity index (χ3v) is 7.10. The molecule has 31 heavy (non-hydrogen) atoms. The number of carbonyl (C=O) groups excluding carboxylic acids is 2. The molecule has 2 aliphatic heterocycles. The molecule has 1 aliphatic carbocycles. The molecule has 3 aliphatic rings. The number of fused-ring (bicyclic) bond motifs is 1. The van der Waals surface area contributed by atoms with Gasteiger partial charge in [0.2, 0.25) is 11.8 Å². The molecule has 6 heteroatoms. The van der Waals surface area contributed by atoms with E-state index in [1.807, 2.05) is 16.7 Å². The molecule has 1 atom stereocenters.